The van der Waals surface area contributed by atoms with E-state index in [1.165, 1.54) is 0 Å². The smallest absolute Gasteiger partial charge is 0.164 e. The monoisotopic (exact) mass is 413 g/mol. The molecule has 1 atom stereocenters. The molecule has 0 aliphatic heterocycles. The van der Waals surface area contributed by atoms with Crippen LogP contribution in [0.25, 0.3) is 0 Å². The molecule has 8 nitrogen and oxygen atoms in total. The molecule has 1 aromatic carbocycles. The average molecular weight is 414 g/mol. The summed E-state index contributed by atoms with van der Waals surface area (Å²) in [6.45, 7) is 0.391. The van der Waals surface area contributed by atoms with E-state index in [1.807, 2.05) is 12.1 Å². The predicted octanol–water partition coefficient (Wildman–Crippen LogP) is 0.864. The van der Waals surface area contributed by atoms with Crippen molar-refractivity contribution in [2.45, 2.75) is 24.8 Å². The highest BCUT2D eigenvalue weighted by atomic mass is 79.9. The van der Waals surface area contributed by atoms with Gasteiger partial charge in [-0.25, -0.2) is 19.1 Å². The van der Waals surface area contributed by atoms with Crippen LogP contribution in [-0.2, 0) is 11.2 Å². The number of aliphatic imine (C=N–C) groups is 2. The second-order valence-corrected chi connectivity index (χ2v) is 7.26. The Balaban J connectivity index is 1.94. The Morgan fingerprint density at radius 2 is 2.08 bits per heavy atom. The van der Waals surface area contributed by atoms with Gasteiger partial charge in [-0.1, -0.05) is 22.0 Å². The number of halogens is 1. The fourth-order valence-corrected chi connectivity index (χ4v) is 3.23. The van der Waals surface area contributed by atoms with Crippen molar-refractivity contribution in [3.63, 3.8) is 0 Å². The van der Waals surface area contributed by atoms with Gasteiger partial charge in [0.25, 0.3) is 0 Å². The summed E-state index contributed by atoms with van der Waals surface area (Å²) in [5.74, 6) is 0.0209. The third-order valence-electron chi connectivity index (χ3n) is 3.61. The van der Waals surface area contributed by atoms with E-state index in [0.29, 0.717) is 18.7 Å². The zero-order chi connectivity index (χ0) is 17.7. The molecule has 130 valence electrons. The van der Waals surface area contributed by atoms with Gasteiger partial charge in [-0.15, -0.1) is 0 Å². The van der Waals surface area contributed by atoms with E-state index in [0.717, 1.165) is 17.3 Å². The van der Waals surface area contributed by atoms with Gasteiger partial charge in [-0.2, -0.15) is 0 Å². The number of amidine groups is 2. The first-order chi connectivity index (χ1) is 11.3. The molecule has 0 radical (unpaired) electrons. The van der Waals surface area contributed by atoms with Gasteiger partial charge in [0.15, 0.2) is 17.0 Å². The first kappa shape index (κ1) is 18.7. The molecule has 1 aliphatic rings. The van der Waals surface area contributed by atoms with Gasteiger partial charge in [0.1, 0.15) is 11.5 Å². The number of hydrogen-bond acceptors (Lipinski definition) is 4. The van der Waals surface area contributed by atoms with Crippen molar-refractivity contribution >= 4 is 50.2 Å². The van der Waals surface area contributed by atoms with E-state index in [4.69, 9.17) is 22.0 Å². The minimum Gasteiger partial charge on any atom is -0.382 e. The lowest BCUT2D eigenvalue weighted by atomic mass is 10.2. The molecule has 24 heavy (non-hydrogen) atoms. The molecule has 10 heteroatoms. The van der Waals surface area contributed by atoms with Crippen molar-refractivity contribution < 1.29 is 4.21 Å². The molecule has 1 unspecified atom stereocenters. The van der Waals surface area contributed by atoms with Crippen molar-refractivity contribution in [3.8, 4) is 0 Å². The second kappa shape index (κ2) is 7.97. The maximum absolute atomic E-state index is 11.0. The Morgan fingerprint density at radius 1 is 1.38 bits per heavy atom. The van der Waals surface area contributed by atoms with Crippen LogP contribution in [-0.4, -0.2) is 33.7 Å². The van der Waals surface area contributed by atoms with Gasteiger partial charge in [0.2, 0.25) is 0 Å². The minimum atomic E-state index is -1.54. The van der Waals surface area contributed by atoms with Crippen LogP contribution in [0.5, 0.6) is 0 Å². The van der Waals surface area contributed by atoms with Crippen LogP contribution in [0.3, 0.4) is 0 Å². The molecule has 1 saturated carbocycles. The number of nitrogens with one attached hydrogen (secondary N) is 2. The predicted molar refractivity (Wildman–Crippen MR) is 102 cm³/mol. The summed E-state index contributed by atoms with van der Waals surface area (Å²) in [6.07, 6.45) is 2.44. The van der Waals surface area contributed by atoms with E-state index in [-0.39, 0.29) is 22.9 Å². The number of benzene rings is 1. The van der Waals surface area contributed by atoms with E-state index < -0.39 is 11.2 Å². The first-order valence-electron chi connectivity index (χ1n) is 7.24. The van der Waals surface area contributed by atoms with Crippen molar-refractivity contribution in [3.05, 3.63) is 28.7 Å². The molecule has 1 aliphatic carbocycles. The zero-order valence-corrected chi connectivity index (χ0v) is 15.4. The largest absolute Gasteiger partial charge is 0.382 e. The fourth-order valence-electron chi connectivity index (χ4n) is 2.11. The van der Waals surface area contributed by atoms with Gasteiger partial charge >= 0.3 is 0 Å². The fraction of sp³-hybridized carbons (Fsp3) is 0.357. The molecule has 0 amide bonds. The second-order valence-electron chi connectivity index (χ2n) is 5.55. The Bertz CT molecular complexity index is 715. The SMILES string of the molecule is N=C(C(N)=NCCC1(NS(N)=O)CC1)C(N)=Nc1cccc(Br)c1. The number of nitrogens with two attached hydrogens (primary N) is 3. The molecule has 0 heterocycles. The molecule has 1 aromatic rings. The first-order valence-corrected chi connectivity index (χ1v) is 9.25. The molecular weight excluding hydrogens is 394 g/mol. The Morgan fingerprint density at radius 3 is 2.67 bits per heavy atom. The van der Waals surface area contributed by atoms with Crippen molar-refractivity contribution in [1.29, 1.82) is 5.41 Å². The van der Waals surface area contributed by atoms with Gasteiger partial charge in [0, 0.05) is 16.6 Å². The van der Waals surface area contributed by atoms with Crippen molar-refractivity contribution in [1.82, 2.24) is 4.72 Å². The molecule has 0 spiro atoms. The lowest BCUT2D eigenvalue weighted by Crippen LogP contribution is -2.38. The van der Waals surface area contributed by atoms with E-state index in [1.54, 1.807) is 12.1 Å². The van der Waals surface area contributed by atoms with Crippen LogP contribution < -0.4 is 21.3 Å². The molecule has 1 fully saturated rings. The van der Waals surface area contributed by atoms with Crippen molar-refractivity contribution in [2.75, 3.05) is 6.54 Å². The summed E-state index contributed by atoms with van der Waals surface area (Å²) in [5.41, 5.74) is 11.9. The summed E-state index contributed by atoms with van der Waals surface area (Å²) in [5, 5.41) is 13.2. The Labute approximate surface area is 151 Å². The zero-order valence-electron chi connectivity index (χ0n) is 13.0. The van der Waals surface area contributed by atoms with Crippen molar-refractivity contribution in [2.24, 2.45) is 26.6 Å². The lowest BCUT2D eigenvalue weighted by Gasteiger charge is -2.13. The van der Waals surface area contributed by atoms with Gasteiger partial charge in [0.05, 0.1) is 5.69 Å². The molecule has 0 aromatic heterocycles. The topological polar surface area (TPSA) is 156 Å². The van der Waals surface area contributed by atoms with E-state index in [2.05, 4.69) is 30.6 Å². The summed E-state index contributed by atoms with van der Waals surface area (Å²) < 4.78 is 14.7. The highest BCUT2D eigenvalue weighted by Crippen LogP contribution is 2.38. The maximum Gasteiger partial charge on any atom is 0.164 e. The molecule has 0 bridgehead atoms. The minimum absolute atomic E-state index is 0.00308. The highest BCUT2D eigenvalue weighted by Gasteiger charge is 2.42. The standard InChI is InChI=1S/C14H20BrN7OS/c15-9-2-1-3-10(8-9)21-13(18)11(16)12(17)20-7-6-14(4-5-14)22-24(19)23/h1-3,8,16,22H,4-7,19H2,(H2,17,20)(H2,18,21). The Kier molecular flexibility index (Phi) is 6.21. The van der Waals surface area contributed by atoms with Crippen LogP contribution in [0.1, 0.15) is 19.3 Å². The third kappa shape index (κ3) is 5.48. The molecule has 8 N–H and O–H groups in total. The van der Waals surface area contributed by atoms with E-state index in [9.17, 15) is 4.21 Å². The number of rotatable bonds is 8. The normalized spacial score (nSPS) is 18.2. The van der Waals surface area contributed by atoms with Crippen LogP contribution in [0.4, 0.5) is 5.69 Å². The van der Waals surface area contributed by atoms with Gasteiger partial charge in [-0.3, -0.25) is 10.4 Å². The molecule has 2 rings (SSSR count). The summed E-state index contributed by atoms with van der Waals surface area (Å²) in [7, 11) is 0. The van der Waals surface area contributed by atoms with E-state index >= 15 is 0 Å². The molecule has 0 saturated heterocycles. The van der Waals surface area contributed by atoms with Crippen LogP contribution in [0, 0.1) is 5.41 Å². The van der Waals surface area contributed by atoms with Crippen LogP contribution >= 0.6 is 15.9 Å². The molecular formula is C14H20BrN7OS. The number of nitrogens with zero attached hydrogens (tertiary/aromatic N) is 2. The third-order valence-corrected chi connectivity index (χ3v) is 4.74. The van der Waals surface area contributed by atoms with Gasteiger partial charge < -0.3 is 11.5 Å². The number of hydrogen-bond donors (Lipinski definition) is 5. The Hall–Kier alpha value is -1.62. The summed E-state index contributed by atoms with van der Waals surface area (Å²) >= 11 is 1.80. The average Bonchev–Trinajstić information content (AvgIpc) is 3.25. The summed E-state index contributed by atoms with van der Waals surface area (Å²) in [4.78, 5) is 8.32. The maximum atomic E-state index is 11.0. The summed E-state index contributed by atoms with van der Waals surface area (Å²) in [6, 6.07) is 7.24. The van der Waals surface area contributed by atoms with Crippen LogP contribution in [0.2, 0.25) is 0 Å². The highest BCUT2D eigenvalue weighted by molar-refractivity contribution is 9.10. The lowest BCUT2D eigenvalue weighted by molar-refractivity contribution is 0.561. The quantitative estimate of drug-likeness (QED) is 0.316. The van der Waals surface area contributed by atoms with Gasteiger partial charge in [-0.05, 0) is 37.5 Å². The van der Waals surface area contributed by atoms with Crippen LogP contribution in [0.15, 0.2) is 38.7 Å².